The van der Waals surface area contributed by atoms with Gasteiger partial charge in [-0.3, -0.25) is 0 Å². The number of hydrogen-bond donors (Lipinski definition) is 2. The van der Waals surface area contributed by atoms with E-state index in [4.69, 9.17) is 36.7 Å². The summed E-state index contributed by atoms with van der Waals surface area (Å²) in [5, 5.41) is 5.00. The molecule has 14 nitrogen and oxygen atoms in total. The van der Waals surface area contributed by atoms with Gasteiger partial charge in [-0.2, -0.15) is 0 Å². The third kappa shape index (κ3) is 26.1. The van der Waals surface area contributed by atoms with Gasteiger partial charge in [0, 0.05) is 24.4 Å². The molecule has 0 aromatic carbocycles. The van der Waals surface area contributed by atoms with Gasteiger partial charge >= 0.3 is 32.7 Å². The second-order valence-corrected chi connectivity index (χ2v) is 25.0. The van der Waals surface area contributed by atoms with E-state index in [-0.39, 0.29) is 52.7 Å². The lowest BCUT2D eigenvalue weighted by molar-refractivity contribution is -0.139. The van der Waals surface area contributed by atoms with Crippen LogP contribution in [-0.4, -0.2) is 115 Å². The third-order valence-corrected chi connectivity index (χ3v) is 17.5. The van der Waals surface area contributed by atoms with E-state index >= 15 is 0 Å². The zero-order valence-corrected chi connectivity index (χ0v) is 32.7. The fourth-order valence-electron chi connectivity index (χ4n) is 4.19. The fourth-order valence-corrected chi connectivity index (χ4v) is 18.2. The fraction of sp³-hybridized carbons (Fsp3) is 0.733. The summed E-state index contributed by atoms with van der Waals surface area (Å²) < 4.78 is 44.4. The molecule has 0 bridgehead atoms. The van der Waals surface area contributed by atoms with Crippen molar-refractivity contribution in [1.29, 1.82) is 0 Å². The average molecular weight is 723 g/mol. The van der Waals surface area contributed by atoms with Gasteiger partial charge in [-0.15, -0.1) is 0 Å². The van der Waals surface area contributed by atoms with E-state index in [0.717, 1.165) is 24.9 Å². The second kappa shape index (κ2) is 23.7. The normalized spacial score (nSPS) is 11.7. The SMILES string of the molecule is C=C(C)C(=O)OCCNC(=O)OCCOCCC[Si](C)(C)O[Si](C)(C)O[Si](C)(C)CCCOCCOC(=O)NCCOC(=O)C(=C)C. The Morgan fingerprint density at radius 3 is 1.23 bits per heavy atom. The number of esters is 2. The van der Waals surface area contributed by atoms with Crippen LogP contribution in [0.5, 0.6) is 0 Å². The largest absolute Gasteiger partial charge is 0.460 e. The van der Waals surface area contributed by atoms with Crippen molar-refractivity contribution >= 4 is 49.3 Å². The second-order valence-electron chi connectivity index (χ2n) is 12.5. The highest BCUT2D eigenvalue weighted by Crippen LogP contribution is 2.26. The molecule has 0 radical (unpaired) electrons. The lowest BCUT2D eigenvalue weighted by atomic mass is 10.4. The summed E-state index contributed by atoms with van der Waals surface area (Å²) in [6.45, 7) is 25.3. The summed E-state index contributed by atoms with van der Waals surface area (Å²) in [6.07, 6.45) is 0.466. The van der Waals surface area contributed by atoms with Crippen LogP contribution in [0, 0.1) is 0 Å². The Kier molecular flexibility index (Phi) is 22.4. The first-order valence-electron chi connectivity index (χ1n) is 15.9. The van der Waals surface area contributed by atoms with Gasteiger partial charge in [0.05, 0.1) is 26.3 Å². The molecule has 0 rings (SSSR count). The topological polar surface area (TPSA) is 166 Å². The number of alkyl carbamates (subject to hydrolysis) is 2. The smallest absolute Gasteiger partial charge is 0.407 e. The molecule has 0 fully saturated rings. The van der Waals surface area contributed by atoms with Gasteiger partial charge in [0.25, 0.3) is 0 Å². The van der Waals surface area contributed by atoms with Crippen LogP contribution in [0.15, 0.2) is 24.3 Å². The first-order chi connectivity index (χ1) is 21.9. The Morgan fingerprint density at radius 2 is 0.894 bits per heavy atom. The molecule has 2 amide bonds. The Balaban J connectivity index is 4.03. The standard InChI is InChI=1S/C30H58N2O12Si3/c1-25(2)27(33)39-17-13-31-29(35)41-21-19-37-15-11-23-45(5,6)43-47(9,10)44-46(7,8)24-12-16-38-20-22-42-30(36)32-14-18-40-28(34)26(3)4/h1,3,11-24H2,2,4-10H3,(H,31,35)(H,32,36). The van der Waals surface area contributed by atoms with E-state index in [0.29, 0.717) is 24.4 Å². The molecule has 0 aliphatic rings. The molecular weight excluding hydrogens is 665 g/mol. The summed E-state index contributed by atoms with van der Waals surface area (Å²) in [4.78, 5) is 45.9. The molecule has 0 aliphatic heterocycles. The molecule has 0 aliphatic carbocycles. The summed E-state index contributed by atoms with van der Waals surface area (Å²) in [5.74, 6) is -1.01. The summed E-state index contributed by atoms with van der Waals surface area (Å²) in [7, 11) is -6.36. The Morgan fingerprint density at radius 1 is 0.532 bits per heavy atom. The van der Waals surface area contributed by atoms with Crippen LogP contribution >= 0.6 is 0 Å². The van der Waals surface area contributed by atoms with Crippen molar-refractivity contribution in [3.05, 3.63) is 24.3 Å². The molecule has 0 saturated carbocycles. The van der Waals surface area contributed by atoms with Crippen LogP contribution in [0.3, 0.4) is 0 Å². The molecule has 0 aromatic heterocycles. The summed E-state index contributed by atoms with van der Waals surface area (Å²) in [5.41, 5.74) is 0.596. The first-order valence-corrected chi connectivity index (χ1v) is 24.9. The zero-order valence-electron chi connectivity index (χ0n) is 29.7. The maximum atomic E-state index is 11.7. The molecular formula is C30H58N2O12Si3. The van der Waals surface area contributed by atoms with Gasteiger partial charge in [-0.05, 0) is 78.1 Å². The quantitative estimate of drug-likeness (QED) is 0.0419. The lowest BCUT2D eigenvalue weighted by Crippen LogP contribution is -2.52. The highest BCUT2D eigenvalue weighted by Gasteiger charge is 2.39. The van der Waals surface area contributed by atoms with E-state index in [2.05, 4.69) is 63.1 Å². The molecule has 47 heavy (non-hydrogen) atoms. The van der Waals surface area contributed by atoms with Gasteiger partial charge in [-0.1, -0.05) is 13.2 Å². The van der Waals surface area contributed by atoms with Crippen LogP contribution < -0.4 is 10.6 Å². The minimum Gasteiger partial charge on any atom is -0.460 e. The van der Waals surface area contributed by atoms with Crippen molar-refractivity contribution in [2.75, 3.05) is 65.9 Å². The highest BCUT2D eigenvalue weighted by molar-refractivity contribution is 6.87. The van der Waals surface area contributed by atoms with Gasteiger partial charge < -0.3 is 47.3 Å². The van der Waals surface area contributed by atoms with Crippen molar-refractivity contribution in [1.82, 2.24) is 10.6 Å². The van der Waals surface area contributed by atoms with E-state index < -0.39 is 49.3 Å². The predicted octanol–water partition coefficient (Wildman–Crippen LogP) is 4.64. The van der Waals surface area contributed by atoms with Gasteiger partial charge in [0.15, 0.2) is 16.6 Å². The number of rotatable bonds is 26. The van der Waals surface area contributed by atoms with E-state index in [1.165, 1.54) is 0 Å². The third-order valence-electron chi connectivity index (χ3n) is 6.01. The van der Waals surface area contributed by atoms with Gasteiger partial charge in [-0.25, -0.2) is 19.2 Å². The molecule has 0 unspecified atom stereocenters. The molecule has 0 spiro atoms. The van der Waals surface area contributed by atoms with Crippen LogP contribution in [0.4, 0.5) is 9.59 Å². The molecule has 0 aromatic rings. The van der Waals surface area contributed by atoms with Gasteiger partial charge in [0.1, 0.15) is 26.4 Å². The van der Waals surface area contributed by atoms with E-state index in [9.17, 15) is 19.2 Å². The Labute approximate surface area is 283 Å². The number of ether oxygens (including phenoxy) is 6. The van der Waals surface area contributed by atoms with Crippen molar-refractivity contribution < 1.29 is 55.8 Å². The zero-order chi connectivity index (χ0) is 35.9. The minimum absolute atomic E-state index is 0.0422. The molecule has 0 atom stereocenters. The number of nitrogens with one attached hydrogen (secondary N) is 2. The lowest BCUT2D eigenvalue weighted by Gasteiger charge is -2.38. The van der Waals surface area contributed by atoms with Crippen LogP contribution in [0.2, 0.25) is 51.4 Å². The number of amides is 2. The molecule has 272 valence electrons. The van der Waals surface area contributed by atoms with Gasteiger partial charge in [0.2, 0.25) is 0 Å². The summed E-state index contributed by atoms with van der Waals surface area (Å²) >= 11 is 0. The predicted molar refractivity (Wildman–Crippen MR) is 185 cm³/mol. The minimum atomic E-state index is -2.36. The van der Waals surface area contributed by atoms with Crippen LogP contribution in [0.1, 0.15) is 26.7 Å². The van der Waals surface area contributed by atoms with Crippen molar-refractivity contribution in [2.24, 2.45) is 0 Å². The van der Waals surface area contributed by atoms with E-state index in [1.807, 2.05) is 0 Å². The average Bonchev–Trinajstić information content (AvgIpc) is 2.94. The van der Waals surface area contributed by atoms with Crippen molar-refractivity contribution in [2.45, 2.75) is 78.1 Å². The van der Waals surface area contributed by atoms with Crippen molar-refractivity contribution in [3.63, 3.8) is 0 Å². The van der Waals surface area contributed by atoms with Crippen molar-refractivity contribution in [3.8, 4) is 0 Å². The number of carbonyl (C=O) groups excluding carboxylic acids is 4. The first kappa shape index (κ1) is 44.5. The highest BCUT2D eigenvalue weighted by atomic mass is 28.5. The van der Waals surface area contributed by atoms with Crippen LogP contribution in [0.25, 0.3) is 0 Å². The maximum Gasteiger partial charge on any atom is 0.407 e. The number of carbonyl (C=O) groups is 4. The van der Waals surface area contributed by atoms with E-state index in [1.54, 1.807) is 13.8 Å². The molecule has 17 heteroatoms. The Hall–Kier alpha value is -2.55. The summed E-state index contributed by atoms with van der Waals surface area (Å²) in [6, 6.07) is 1.82. The number of hydrogen-bond acceptors (Lipinski definition) is 12. The maximum absolute atomic E-state index is 11.7. The van der Waals surface area contributed by atoms with Crippen LogP contribution in [-0.2, 0) is 46.2 Å². The molecule has 2 N–H and O–H groups in total. The molecule has 0 saturated heterocycles. The Bertz CT molecular complexity index is 933. The molecule has 0 heterocycles. The monoisotopic (exact) mass is 722 g/mol.